The second-order valence-electron chi connectivity index (χ2n) is 2.84. The molecule has 68 valence electrons. The molecule has 1 unspecified atom stereocenters. The van der Waals surface area contributed by atoms with Crippen LogP contribution in [-0.2, 0) is 9.59 Å². The molecule has 1 heterocycles. The molecule has 5 nitrogen and oxygen atoms in total. The Morgan fingerprint density at radius 1 is 1.67 bits per heavy atom. The Labute approximate surface area is 70.9 Å². The molecule has 1 atom stereocenters. The number of hydrogen-bond acceptors (Lipinski definition) is 3. The van der Waals surface area contributed by atoms with E-state index < -0.39 is 11.8 Å². The minimum Gasteiger partial charge on any atom is -0.346 e. The number of carbonyl (C=O) groups is 2. The molecule has 2 amide bonds. The van der Waals surface area contributed by atoms with Gasteiger partial charge >= 0.3 is 11.8 Å². The first-order valence-electron chi connectivity index (χ1n) is 3.95. The van der Waals surface area contributed by atoms with Crippen LogP contribution >= 0.6 is 0 Å². The summed E-state index contributed by atoms with van der Waals surface area (Å²) in [4.78, 5) is 23.6. The van der Waals surface area contributed by atoms with Gasteiger partial charge in [-0.05, 0) is 6.92 Å². The Bertz CT molecular complexity index is 205. The lowest BCUT2D eigenvalue weighted by Gasteiger charge is -2.31. The molecule has 0 aliphatic carbocycles. The number of carbonyl (C=O) groups excluding carboxylic acids is 2. The molecule has 1 aliphatic rings. The van der Waals surface area contributed by atoms with Gasteiger partial charge in [-0.15, -0.1) is 0 Å². The third-order valence-electron chi connectivity index (χ3n) is 1.97. The van der Waals surface area contributed by atoms with Gasteiger partial charge < -0.3 is 16.0 Å². The molecule has 0 radical (unpaired) electrons. The van der Waals surface area contributed by atoms with E-state index in [1.165, 1.54) is 4.90 Å². The van der Waals surface area contributed by atoms with Crippen LogP contribution in [-0.4, -0.2) is 42.4 Å². The van der Waals surface area contributed by atoms with Crippen LogP contribution in [0, 0.1) is 0 Å². The first-order chi connectivity index (χ1) is 5.66. The van der Waals surface area contributed by atoms with E-state index >= 15 is 0 Å². The van der Waals surface area contributed by atoms with Gasteiger partial charge in [0, 0.05) is 25.7 Å². The predicted molar refractivity (Wildman–Crippen MR) is 43.2 cm³/mol. The minimum atomic E-state index is -0.526. The van der Waals surface area contributed by atoms with Crippen molar-refractivity contribution < 1.29 is 9.59 Å². The van der Waals surface area contributed by atoms with Gasteiger partial charge in [-0.25, -0.2) is 0 Å². The molecule has 0 saturated carbocycles. The van der Waals surface area contributed by atoms with Crippen LogP contribution in [0.25, 0.3) is 0 Å². The van der Waals surface area contributed by atoms with E-state index in [0.717, 1.165) is 0 Å². The quantitative estimate of drug-likeness (QED) is 0.486. The van der Waals surface area contributed by atoms with Crippen molar-refractivity contribution in [3.63, 3.8) is 0 Å². The second-order valence-corrected chi connectivity index (χ2v) is 2.84. The molecule has 12 heavy (non-hydrogen) atoms. The van der Waals surface area contributed by atoms with Crippen LogP contribution in [0.3, 0.4) is 0 Å². The van der Waals surface area contributed by atoms with Gasteiger partial charge in [-0.2, -0.15) is 0 Å². The number of nitrogens with two attached hydrogens (primary N) is 1. The molecular weight excluding hydrogens is 158 g/mol. The number of rotatable bonds is 2. The van der Waals surface area contributed by atoms with E-state index in [-0.39, 0.29) is 6.04 Å². The van der Waals surface area contributed by atoms with Crippen molar-refractivity contribution in [2.24, 2.45) is 5.73 Å². The number of piperazine rings is 1. The summed E-state index contributed by atoms with van der Waals surface area (Å²) in [6.45, 7) is 3.30. The van der Waals surface area contributed by atoms with E-state index in [0.29, 0.717) is 19.6 Å². The summed E-state index contributed by atoms with van der Waals surface area (Å²) < 4.78 is 0. The lowest BCUT2D eigenvalue weighted by atomic mass is 10.2. The molecule has 5 heteroatoms. The topological polar surface area (TPSA) is 75.4 Å². The maximum atomic E-state index is 11.2. The molecule has 0 spiro atoms. The zero-order valence-electron chi connectivity index (χ0n) is 7.04. The monoisotopic (exact) mass is 171 g/mol. The Morgan fingerprint density at radius 3 is 2.92 bits per heavy atom. The van der Waals surface area contributed by atoms with E-state index in [2.05, 4.69) is 5.32 Å². The van der Waals surface area contributed by atoms with Crippen molar-refractivity contribution in [2.75, 3.05) is 19.6 Å². The first-order valence-corrected chi connectivity index (χ1v) is 3.95. The summed E-state index contributed by atoms with van der Waals surface area (Å²) in [5.74, 6) is -0.999. The summed E-state index contributed by atoms with van der Waals surface area (Å²) in [6, 6.07) is -0.0523. The van der Waals surface area contributed by atoms with Gasteiger partial charge in [0.05, 0.1) is 0 Å². The molecular formula is C7H13N3O2. The molecule has 3 N–H and O–H groups in total. The van der Waals surface area contributed by atoms with Crippen molar-refractivity contribution in [1.82, 2.24) is 10.2 Å². The van der Waals surface area contributed by atoms with Crippen molar-refractivity contribution in [3.8, 4) is 0 Å². The smallest absolute Gasteiger partial charge is 0.312 e. The molecule has 0 aromatic carbocycles. The van der Waals surface area contributed by atoms with Crippen LogP contribution < -0.4 is 11.1 Å². The van der Waals surface area contributed by atoms with Gasteiger partial charge in [-0.1, -0.05) is 0 Å². The van der Waals surface area contributed by atoms with Crippen LogP contribution in [0.4, 0.5) is 0 Å². The van der Waals surface area contributed by atoms with Crippen LogP contribution in [0.1, 0.15) is 6.92 Å². The van der Waals surface area contributed by atoms with Crippen LogP contribution in [0.15, 0.2) is 0 Å². The highest BCUT2D eigenvalue weighted by Crippen LogP contribution is 2.01. The first kappa shape index (κ1) is 8.99. The summed E-state index contributed by atoms with van der Waals surface area (Å²) in [6.07, 6.45) is 0. The van der Waals surface area contributed by atoms with Gasteiger partial charge in [0.1, 0.15) is 0 Å². The molecule has 0 aromatic rings. The highest BCUT2D eigenvalue weighted by molar-refractivity contribution is 6.35. The largest absolute Gasteiger partial charge is 0.346 e. The van der Waals surface area contributed by atoms with Gasteiger partial charge in [-0.3, -0.25) is 9.59 Å². The molecule has 1 fully saturated rings. The van der Waals surface area contributed by atoms with Gasteiger partial charge in [0.2, 0.25) is 0 Å². The SMILES string of the molecule is CC(CN)N1CCNC(=O)C1=O. The summed E-state index contributed by atoms with van der Waals surface area (Å²) in [7, 11) is 0. The highest BCUT2D eigenvalue weighted by atomic mass is 16.2. The third-order valence-corrected chi connectivity index (χ3v) is 1.97. The number of hydrogen-bond donors (Lipinski definition) is 2. The molecule has 0 aromatic heterocycles. The van der Waals surface area contributed by atoms with E-state index in [4.69, 9.17) is 5.73 Å². The maximum absolute atomic E-state index is 11.2. The normalized spacial score (nSPS) is 20.7. The average Bonchev–Trinajstić information content (AvgIpc) is 2.08. The van der Waals surface area contributed by atoms with Crippen molar-refractivity contribution in [2.45, 2.75) is 13.0 Å². The van der Waals surface area contributed by atoms with E-state index in [1.807, 2.05) is 6.92 Å². The molecule has 1 rings (SSSR count). The third kappa shape index (κ3) is 1.55. The Kier molecular flexibility index (Phi) is 2.65. The summed E-state index contributed by atoms with van der Waals surface area (Å²) in [5.41, 5.74) is 5.38. The van der Waals surface area contributed by atoms with Crippen LogP contribution in [0.5, 0.6) is 0 Å². The zero-order chi connectivity index (χ0) is 9.14. The number of amides is 2. The lowest BCUT2D eigenvalue weighted by molar-refractivity contribution is -0.149. The lowest BCUT2D eigenvalue weighted by Crippen LogP contribution is -2.56. The Morgan fingerprint density at radius 2 is 2.33 bits per heavy atom. The predicted octanol–water partition coefficient (Wildman–Crippen LogP) is -1.71. The van der Waals surface area contributed by atoms with Gasteiger partial charge in [0.15, 0.2) is 0 Å². The minimum absolute atomic E-state index is 0.0523. The second kappa shape index (κ2) is 3.53. The fourth-order valence-corrected chi connectivity index (χ4v) is 1.15. The molecule has 0 bridgehead atoms. The number of nitrogens with zero attached hydrogens (tertiary/aromatic N) is 1. The molecule has 1 saturated heterocycles. The number of nitrogens with one attached hydrogen (secondary N) is 1. The van der Waals surface area contributed by atoms with Crippen molar-refractivity contribution in [1.29, 1.82) is 0 Å². The van der Waals surface area contributed by atoms with Crippen LogP contribution in [0.2, 0.25) is 0 Å². The maximum Gasteiger partial charge on any atom is 0.312 e. The van der Waals surface area contributed by atoms with E-state index in [9.17, 15) is 9.59 Å². The highest BCUT2D eigenvalue weighted by Gasteiger charge is 2.28. The van der Waals surface area contributed by atoms with Crippen molar-refractivity contribution >= 4 is 11.8 Å². The average molecular weight is 171 g/mol. The fraction of sp³-hybridized carbons (Fsp3) is 0.714. The Balaban J connectivity index is 2.64. The molecule has 1 aliphatic heterocycles. The standard InChI is InChI=1S/C7H13N3O2/c1-5(4-8)10-3-2-9-6(11)7(10)12/h5H,2-4,8H2,1H3,(H,9,11). The fourth-order valence-electron chi connectivity index (χ4n) is 1.15. The van der Waals surface area contributed by atoms with Gasteiger partial charge in [0.25, 0.3) is 0 Å². The summed E-state index contributed by atoms with van der Waals surface area (Å²) >= 11 is 0. The van der Waals surface area contributed by atoms with Crippen molar-refractivity contribution in [3.05, 3.63) is 0 Å². The zero-order valence-corrected chi connectivity index (χ0v) is 7.04. The van der Waals surface area contributed by atoms with E-state index in [1.54, 1.807) is 0 Å². The Hall–Kier alpha value is -1.10. The summed E-state index contributed by atoms with van der Waals surface area (Å²) in [5, 5.41) is 2.47.